The van der Waals surface area contributed by atoms with E-state index in [1.54, 1.807) is 18.2 Å². The van der Waals surface area contributed by atoms with Gasteiger partial charge in [-0.05, 0) is 44.2 Å². The van der Waals surface area contributed by atoms with Gasteiger partial charge in [-0.25, -0.2) is 18.4 Å². The van der Waals surface area contributed by atoms with Gasteiger partial charge in [0, 0.05) is 5.69 Å². The van der Waals surface area contributed by atoms with Crippen LogP contribution in [0.1, 0.15) is 22.8 Å². The third-order valence-corrected chi connectivity index (χ3v) is 4.25. The molecule has 0 aliphatic heterocycles. The van der Waals surface area contributed by atoms with E-state index >= 15 is 0 Å². The lowest BCUT2D eigenvalue weighted by atomic mass is 10.1. The zero-order valence-electron chi connectivity index (χ0n) is 13.7. The van der Waals surface area contributed by atoms with Crippen molar-refractivity contribution in [1.29, 1.82) is 0 Å². The Kier molecular flexibility index (Phi) is 5.55. The molecule has 25 heavy (non-hydrogen) atoms. The molecule has 0 fully saturated rings. The number of rotatable bonds is 5. The van der Waals surface area contributed by atoms with Crippen molar-refractivity contribution >= 4 is 27.6 Å². The molecule has 2 rings (SSSR count). The lowest BCUT2D eigenvalue weighted by molar-refractivity contribution is -0.123. The second kappa shape index (κ2) is 7.45. The lowest BCUT2D eigenvalue weighted by Crippen LogP contribution is -2.30. The highest BCUT2D eigenvalue weighted by atomic mass is 32.2. The summed E-state index contributed by atoms with van der Waals surface area (Å²) in [5, 5.41) is 7.54. The van der Waals surface area contributed by atoms with E-state index in [0.29, 0.717) is 5.56 Å². The van der Waals surface area contributed by atoms with E-state index in [4.69, 9.17) is 9.88 Å². The fourth-order valence-electron chi connectivity index (χ4n) is 2.05. The summed E-state index contributed by atoms with van der Waals surface area (Å²) in [5.74, 6) is -1.21. The maximum Gasteiger partial charge on any atom is 0.338 e. The second-order valence-electron chi connectivity index (χ2n) is 5.48. The standard InChI is InChI=1S/C17H18N2O5S/c1-11-5-3-6-13(9-11)17(21)24-12(2)16(20)19-14-7-4-8-15(10-14)25(18,22)23/h3-10,12H,1-2H3,(H,19,20)(H2,18,22,23). The second-order valence-corrected chi connectivity index (χ2v) is 7.04. The largest absolute Gasteiger partial charge is 0.449 e. The number of amides is 1. The summed E-state index contributed by atoms with van der Waals surface area (Å²) in [4.78, 5) is 24.1. The minimum absolute atomic E-state index is 0.130. The van der Waals surface area contributed by atoms with Gasteiger partial charge in [-0.1, -0.05) is 23.8 Å². The van der Waals surface area contributed by atoms with Crippen molar-refractivity contribution < 1.29 is 22.7 Å². The van der Waals surface area contributed by atoms with Crippen LogP contribution < -0.4 is 10.5 Å². The molecule has 132 valence electrons. The molecular formula is C17H18N2O5S. The Morgan fingerprint density at radius 2 is 1.80 bits per heavy atom. The van der Waals surface area contributed by atoms with E-state index < -0.39 is 28.0 Å². The number of primary sulfonamides is 1. The van der Waals surface area contributed by atoms with Crippen LogP contribution in [-0.4, -0.2) is 26.4 Å². The molecule has 1 unspecified atom stereocenters. The van der Waals surface area contributed by atoms with Gasteiger partial charge in [0.1, 0.15) is 0 Å². The molecule has 0 radical (unpaired) electrons. The predicted octanol–water partition coefficient (Wildman–Crippen LogP) is 1.83. The molecule has 8 heteroatoms. The molecule has 0 aromatic heterocycles. The fourth-order valence-corrected chi connectivity index (χ4v) is 2.61. The van der Waals surface area contributed by atoms with Gasteiger partial charge in [0.05, 0.1) is 10.5 Å². The number of benzene rings is 2. The zero-order valence-corrected chi connectivity index (χ0v) is 14.5. The van der Waals surface area contributed by atoms with Crippen LogP contribution in [0.5, 0.6) is 0 Å². The first-order chi connectivity index (χ1) is 11.7. The SMILES string of the molecule is Cc1cccc(C(=O)OC(C)C(=O)Nc2cccc(S(N)(=O)=O)c2)c1. The molecule has 2 aromatic rings. The van der Waals surface area contributed by atoms with E-state index in [0.717, 1.165) is 5.56 Å². The smallest absolute Gasteiger partial charge is 0.338 e. The molecule has 2 aromatic carbocycles. The van der Waals surface area contributed by atoms with Gasteiger partial charge < -0.3 is 10.1 Å². The number of nitrogens with two attached hydrogens (primary N) is 1. The summed E-state index contributed by atoms with van der Waals surface area (Å²) < 4.78 is 27.8. The molecule has 0 bridgehead atoms. The van der Waals surface area contributed by atoms with Crippen LogP contribution >= 0.6 is 0 Å². The Labute approximate surface area is 145 Å². The van der Waals surface area contributed by atoms with Crippen LogP contribution in [0, 0.1) is 6.92 Å². The van der Waals surface area contributed by atoms with E-state index in [-0.39, 0.29) is 10.6 Å². The van der Waals surface area contributed by atoms with Crippen molar-refractivity contribution in [3.8, 4) is 0 Å². The van der Waals surface area contributed by atoms with E-state index in [1.807, 2.05) is 13.0 Å². The molecule has 7 nitrogen and oxygen atoms in total. The summed E-state index contributed by atoms with van der Waals surface area (Å²) in [6.07, 6.45) is -1.06. The number of carbonyl (C=O) groups excluding carboxylic acids is 2. The highest BCUT2D eigenvalue weighted by molar-refractivity contribution is 7.89. The molecule has 0 aliphatic carbocycles. The number of aryl methyl sites for hydroxylation is 1. The van der Waals surface area contributed by atoms with Crippen LogP contribution in [-0.2, 0) is 19.6 Å². The Morgan fingerprint density at radius 3 is 2.44 bits per heavy atom. The number of sulfonamides is 1. The quantitative estimate of drug-likeness (QED) is 0.787. The zero-order chi connectivity index (χ0) is 18.6. The predicted molar refractivity (Wildman–Crippen MR) is 92.5 cm³/mol. The van der Waals surface area contributed by atoms with Gasteiger partial charge in [-0.15, -0.1) is 0 Å². The monoisotopic (exact) mass is 362 g/mol. The molecule has 0 aliphatic rings. The molecule has 1 amide bonds. The van der Waals surface area contributed by atoms with Crippen LogP contribution in [0.15, 0.2) is 53.4 Å². The van der Waals surface area contributed by atoms with Crippen molar-refractivity contribution in [2.75, 3.05) is 5.32 Å². The number of hydrogen-bond donors (Lipinski definition) is 2. The molecule has 0 spiro atoms. The van der Waals surface area contributed by atoms with Crippen LogP contribution in [0.3, 0.4) is 0 Å². The molecule has 0 saturated carbocycles. The molecule has 1 atom stereocenters. The summed E-state index contributed by atoms with van der Waals surface area (Å²) in [5.41, 5.74) is 1.47. The maximum atomic E-state index is 12.1. The molecule has 0 saturated heterocycles. The maximum absolute atomic E-state index is 12.1. The van der Waals surface area contributed by atoms with Gasteiger partial charge in [-0.3, -0.25) is 4.79 Å². The van der Waals surface area contributed by atoms with Gasteiger partial charge in [0.25, 0.3) is 5.91 Å². The van der Waals surface area contributed by atoms with Crippen molar-refractivity contribution in [2.45, 2.75) is 24.8 Å². The average molecular weight is 362 g/mol. The molecular weight excluding hydrogens is 344 g/mol. The van der Waals surface area contributed by atoms with Crippen LogP contribution in [0.25, 0.3) is 0 Å². The molecule has 3 N–H and O–H groups in total. The number of anilines is 1. The van der Waals surface area contributed by atoms with Crippen LogP contribution in [0.2, 0.25) is 0 Å². The highest BCUT2D eigenvalue weighted by Gasteiger charge is 2.19. The number of esters is 1. The topological polar surface area (TPSA) is 116 Å². The number of carbonyl (C=O) groups is 2. The third kappa shape index (κ3) is 5.13. The van der Waals surface area contributed by atoms with E-state index in [9.17, 15) is 18.0 Å². The Balaban J connectivity index is 2.04. The van der Waals surface area contributed by atoms with Crippen molar-refractivity contribution in [3.05, 3.63) is 59.7 Å². The third-order valence-electron chi connectivity index (χ3n) is 3.34. The highest BCUT2D eigenvalue weighted by Crippen LogP contribution is 2.15. The van der Waals surface area contributed by atoms with Gasteiger partial charge in [0.2, 0.25) is 10.0 Å². The Bertz CT molecular complexity index is 909. The Morgan fingerprint density at radius 1 is 1.12 bits per heavy atom. The van der Waals surface area contributed by atoms with E-state index in [1.165, 1.54) is 31.2 Å². The van der Waals surface area contributed by atoms with E-state index in [2.05, 4.69) is 5.32 Å². The minimum Gasteiger partial charge on any atom is -0.449 e. The van der Waals surface area contributed by atoms with Gasteiger partial charge in [-0.2, -0.15) is 0 Å². The minimum atomic E-state index is -3.88. The lowest BCUT2D eigenvalue weighted by Gasteiger charge is -2.14. The average Bonchev–Trinajstić information content (AvgIpc) is 2.54. The summed E-state index contributed by atoms with van der Waals surface area (Å²) in [6.45, 7) is 3.26. The van der Waals surface area contributed by atoms with Crippen LogP contribution in [0.4, 0.5) is 5.69 Å². The van der Waals surface area contributed by atoms with Gasteiger partial charge >= 0.3 is 5.97 Å². The first-order valence-corrected chi connectivity index (χ1v) is 8.93. The van der Waals surface area contributed by atoms with Crippen molar-refractivity contribution in [3.63, 3.8) is 0 Å². The summed E-state index contributed by atoms with van der Waals surface area (Å²) >= 11 is 0. The summed E-state index contributed by atoms with van der Waals surface area (Å²) in [7, 11) is -3.88. The fraction of sp³-hybridized carbons (Fsp3) is 0.176. The van der Waals surface area contributed by atoms with Gasteiger partial charge in [0.15, 0.2) is 6.10 Å². The normalized spacial score (nSPS) is 12.3. The Hall–Kier alpha value is -2.71. The molecule has 0 heterocycles. The van der Waals surface area contributed by atoms with Crippen molar-refractivity contribution in [1.82, 2.24) is 0 Å². The first-order valence-electron chi connectivity index (χ1n) is 7.38. The summed E-state index contributed by atoms with van der Waals surface area (Å²) in [6, 6.07) is 12.3. The number of nitrogens with one attached hydrogen (secondary N) is 1. The van der Waals surface area contributed by atoms with Crippen molar-refractivity contribution in [2.24, 2.45) is 5.14 Å². The first kappa shape index (κ1) is 18.6. The number of hydrogen-bond acceptors (Lipinski definition) is 5. The number of ether oxygens (including phenoxy) is 1.